The van der Waals surface area contributed by atoms with E-state index in [1.54, 1.807) is 10.4 Å². The molecule has 2 aromatic rings. The van der Waals surface area contributed by atoms with Gasteiger partial charge in [0.25, 0.3) is 0 Å². The van der Waals surface area contributed by atoms with Crippen LogP contribution in [-0.4, -0.2) is 43.8 Å². The van der Waals surface area contributed by atoms with E-state index in [1.807, 2.05) is 50.2 Å². The van der Waals surface area contributed by atoms with Gasteiger partial charge in [0, 0.05) is 37.7 Å². The summed E-state index contributed by atoms with van der Waals surface area (Å²) < 4.78 is 27.5. The third-order valence-corrected chi connectivity index (χ3v) is 7.05. The molecule has 0 N–H and O–H groups in total. The Morgan fingerprint density at radius 1 is 1.00 bits per heavy atom. The molecule has 0 unspecified atom stereocenters. The summed E-state index contributed by atoms with van der Waals surface area (Å²) >= 11 is 6.22. The summed E-state index contributed by atoms with van der Waals surface area (Å²) in [6, 6.07) is 13.4. The van der Waals surface area contributed by atoms with Gasteiger partial charge >= 0.3 is 0 Å². The smallest absolute Gasteiger partial charge is 0.243 e. The van der Waals surface area contributed by atoms with Crippen LogP contribution in [0.5, 0.6) is 0 Å². The SMILES string of the molecule is Cc1ccc(C)c(S(=O)(=O)N2CCN(Cc3ccccc3Cl)CC2)c1. The van der Waals surface area contributed by atoms with Gasteiger partial charge in [-0.05, 0) is 42.7 Å². The molecular weight excluding hydrogens is 356 g/mol. The molecule has 0 amide bonds. The summed E-state index contributed by atoms with van der Waals surface area (Å²) in [6.07, 6.45) is 0. The van der Waals surface area contributed by atoms with E-state index in [0.717, 1.165) is 28.3 Å². The van der Waals surface area contributed by atoms with E-state index in [9.17, 15) is 8.42 Å². The lowest BCUT2D eigenvalue weighted by molar-refractivity contribution is 0.181. The molecule has 134 valence electrons. The molecule has 25 heavy (non-hydrogen) atoms. The Bertz CT molecular complexity index is 859. The molecule has 0 aliphatic carbocycles. The second kappa shape index (κ2) is 7.46. The first-order valence-corrected chi connectivity index (χ1v) is 10.2. The van der Waals surface area contributed by atoms with Crippen LogP contribution in [0.2, 0.25) is 5.02 Å². The van der Waals surface area contributed by atoms with Gasteiger partial charge in [0.2, 0.25) is 10.0 Å². The van der Waals surface area contributed by atoms with Crippen LogP contribution >= 0.6 is 11.6 Å². The monoisotopic (exact) mass is 378 g/mol. The van der Waals surface area contributed by atoms with E-state index < -0.39 is 10.0 Å². The maximum Gasteiger partial charge on any atom is 0.243 e. The minimum absolute atomic E-state index is 0.423. The summed E-state index contributed by atoms with van der Waals surface area (Å²) in [5.41, 5.74) is 2.83. The van der Waals surface area contributed by atoms with Crippen molar-refractivity contribution in [1.29, 1.82) is 0 Å². The van der Waals surface area contributed by atoms with Gasteiger partial charge in [-0.3, -0.25) is 4.90 Å². The van der Waals surface area contributed by atoms with Gasteiger partial charge in [-0.15, -0.1) is 0 Å². The molecule has 0 radical (unpaired) electrons. The van der Waals surface area contributed by atoms with Crippen molar-refractivity contribution in [3.63, 3.8) is 0 Å². The first-order valence-electron chi connectivity index (χ1n) is 8.41. The number of hydrogen-bond donors (Lipinski definition) is 0. The van der Waals surface area contributed by atoms with Crippen LogP contribution in [0.3, 0.4) is 0 Å². The molecule has 1 aliphatic rings. The number of piperazine rings is 1. The summed E-state index contributed by atoms with van der Waals surface area (Å²) in [6.45, 7) is 6.92. The van der Waals surface area contributed by atoms with Crippen LogP contribution in [0.4, 0.5) is 0 Å². The minimum atomic E-state index is -3.44. The maximum atomic E-state index is 13.0. The molecule has 4 nitrogen and oxygen atoms in total. The number of sulfonamides is 1. The lowest BCUT2D eigenvalue weighted by Gasteiger charge is -2.34. The van der Waals surface area contributed by atoms with E-state index >= 15 is 0 Å². The molecule has 0 bridgehead atoms. The topological polar surface area (TPSA) is 40.6 Å². The zero-order chi connectivity index (χ0) is 18.0. The number of nitrogens with zero attached hydrogens (tertiary/aromatic N) is 2. The number of benzene rings is 2. The van der Waals surface area contributed by atoms with Crippen molar-refractivity contribution in [1.82, 2.24) is 9.21 Å². The van der Waals surface area contributed by atoms with Crippen molar-refractivity contribution in [3.8, 4) is 0 Å². The van der Waals surface area contributed by atoms with Crippen LogP contribution in [-0.2, 0) is 16.6 Å². The summed E-state index contributed by atoms with van der Waals surface area (Å²) in [4.78, 5) is 2.67. The number of rotatable bonds is 4. The largest absolute Gasteiger partial charge is 0.296 e. The Hall–Kier alpha value is -1.40. The molecule has 0 aromatic heterocycles. The van der Waals surface area contributed by atoms with Gasteiger partial charge in [0.05, 0.1) is 4.90 Å². The van der Waals surface area contributed by atoms with Gasteiger partial charge in [0.15, 0.2) is 0 Å². The highest BCUT2D eigenvalue weighted by Gasteiger charge is 2.29. The van der Waals surface area contributed by atoms with Crippen LogP contribution in [0, 0.1) is 13.8 Å². The third-order valence-electron chi connectivity index (χ3n) is 4.64. The minimum Gasteiger partial charge on any atom is -0.296 e. The molecule has 0 atom stereocenters. The van der Waals surface area contributed by atoms with Crippen molar-refractivity contribution in [3.05, 3.63) is 64.2 Å². The van der Waals surface area contributed by atoms with Crippen LogP contribution < -0.4 is 0 Å². The fraction of sp³-hybridized carbons (Fsp3) is 0.368. The molecule has 0 saturated carbocycles. The van der Waals surface area contributed by atoms with Gasteiger partial charge in [-0.2, -0.15) is 4.31 Å². The van der Waals surface area contributed by atoms with Crippen molar-refractivity contribution in [2.45, 2.75) is 25.3 Å². The maximum absolute atomic E-state index is 13.0. The van der Waals surface area contributed by atoms with E-state index in [4.69, 9.17) is 11.6 Å². The molecule has 1 heterocycles. The Kier molecular flexibility index (Phi) is 5.49. The highest BCUT2D eigenvalue weighted by Crippen LogP contribution is 2.23. The second-order valence-corrected chi connectivity index (χ2v) is 8.85. The molecule has 0 spiro atoms. The zero-order valence-electron chi connectivity index (χ0n) is 14.6. The van der Waals surface area contributed by atoms with Gasteiger partial charge in [-0.25, -0.2) is 8.42 Å². The summed E-state index contributed by atoms with van der Waals surface area (Å²) in [5, 5.41) is 0.757. The molecule has 1 fully saturated rings. The van der Waals surface area contributed by atoms with Crippen LogP contribution in [0.1, 0.15) is 16.7 Å². The quantitative estimate of drug-likeness (QED) is 0.818. The highest BCUT2D eigenvalue weighted by atomic mass is 35.5. The first kappa shape index (κ1) is 18.4. The lowest BCUT2D eigenvalue weighted by atomic mass is 10.2. The highest BCUT2D eigenvalue weighted by molar-refractivity contribution is 7.89. The van der Waals surface area contributed by atoms with Gasteiger partial charge < -0.3 is 0 Å². The molecule has 2 aromatic carbocycles. The molecule has 1 saturated heterocycles. The fourth-order valence-electron chi connectivity index (χ4n) is 3.12. The van der Waals surface area contributed by atoms with Crippen molar-refractivity contribution in [2.75, 3.05) is 26.2 Å². The first-order chi connectivity index (χ1) is 11.9. The lowest BCUT2D eigenvalue weighted by Crippen LogP contribution is -2.48. The van der Waals surface area contributed by atoms with Crippen LogP contribution in [0.15, 0.2) is 47.4 Å². The molecular formula is C19H23ClN2O2S. The van der Waals surface area contributed by atoms with E-state index in [-0.39, 0.29) is 0 Å². The van der Waals surface area contributed by atoms with E-state index in [0.29, 0.717) is 31.1 Å². The molecule has 3 rings (SSSR count). The Morgan fingerprint density at radius 2 is 1.68 bits per heavy atom. The normalized spacial score (nSPS) is 16.9. The predicted octanol–water partition coefficient (Wildman–Crippen LogP) is 3.46. The Morgan fingerprint density at radius 3 is 2.36 bits per heavy atom. The summed E-state index contributed by atoms with van der Waals surface area (Å²) in [5.74, 6) is 0. The molecule has 6 heteroatoms. The van der Waals surface area contributed by atoms with Gasteiger partial charge in [0.1, 0.15) is 0 Å². The average Bonchev–Trinajstić information content (AvgIpc) is 2.59. The van der Waals surface area contributed by atoms with E-state index in [2.05, 4.69) is 4.90 Å². The van der Waals surface area contributed by atoms with Crippen LogP contribution in [0.25, 0.3) is 0 Å². The summed E-state index contributed by atoms with van der Waals surface area (Å²) in [7, 11) is -3.44. The number of aryl methyl sites for hydroxylation is 2. The predicted molar refractivity (Wildman–Crippen MR) is 101 cm³/mol. The fourth-order valence-corrected chi connectivity index (χ4v) is 5.05. The van der Waals surface area contributed by atoms with Gasteiger partial charge in [-0.1, -0.05) is 41.9 Å². The Balaban J connectivity index is 1.69. The van der Waals surface area contributed by atoms with Crippen molar-refractivity contribution >= 4 is 21.6 Å². The van der Waals surface area contributed by atoms with Crippen molar-refractivity contribution in [2.24, 2.45) is 0 Å². The number of halogens is 1. The third kappa shape index (κ3) is 4.06. The number of hydrogen-bond acceptors (Lipinski definition) is 3. The standard InChI is InChI=1S/C19H23ClN2O2S/c1-15-7-8-16(2)19(13-15)25(23,24)22-11-9-21(10-12-22)14-17-5-3-4-6-18(17)20/h3-8,13H,9-12,14H2,1-2H3. The Labute approximate surface area is 155 Å². The van der Waals surface area contributed by atoms with E-state index in [1.165, 1.54) is 0 Å². The average molecular weight is 379 g/mol. The zero-order valence-corrected chi connectivity index (χ0v) is 16.1. The molecule has 1 aliphatic heterocycles. The van der Waals surface area contributed by atoms with Crippen molar-refractivity contribution < 1.29 is 8.42 Å². The second-order valence-electron chi connectivity index (χ2n) is 6.54.